The van der Waals surface area contributed by atoms with E-state index < -0.39 is 0 Å². The molecular weight excluding hydrogens is 386 g/mol. The van der Waals surface area contributed by atoms with Crippen molar-refractivity contribution in [2.75, 3.05) is 18.1 Å². The number of hydrogen-bond donors (Lipinski definition) is 2. The number of phenolic OH excluding ortho intramolecular Hbond substituents is 1. The minimum atomic E-state index is -0.198. The van der Waals surface area contributed by atoms with Crippen LogP contribution < -0.4 is 5.43 Å². The van der Waals surface area contributed by atoms with Gasteiger partial charge in [0.1, 0.15) is 11.1 Å². The zero-order chi connectivity index (χ0) is 17.9. The molecule has 0 radical (unpaired) electrons. The van der Waals surface area contributed by atoms with Crippen LogP contribution in [0.25, 0.3) is 10.2 Å². The first-order valence-corrected chi connectivity index (χ1v) is 11.0. The Morgan fingerprint density at radius 3 is 2.88 bits per heavy atom. The fraction of sp³-hybridized carbons (Fsp3) is 0.222. The number of carbonyl (C=O) groups excluding carboxylic acids is 1. The van der Waals surface area contributed by atoms with E-state index >= 15 is 0 Å². The molecule has 1 fully saturated rings. The number of nitrogens with zero attached hydrogens (tertiary/aromatic N) is 2. The minimum Gasteiger partial charge on any atom is -0.508 e. The maximum Gasteiger partial charge on any atom is 0.248 e. The molecule has 3 aromatic rings. The SMILES string of the molecule is O=C1CSC(c2ccccc2O)N1NCCSc1nc2ccccc2s1. The van der Waals surface area contributed by atoms with Gasteiger partial charge in [0.05, 0.1) is 16.0 Å². The molecule has 1 unspecified atom stereocenters. The highest BCUT2D eigenvalue weighted by Gasteiger charge is 2.34. The van der Waals surface area contributed by atoms with Gasteiger partial charge in [-0.25, -0.2) is 10.4 Å². The summed E-state index contributed by atoms with van der Waals surface area (Å²) in [7, 11) is 0. The van der Waals surface area contributed by atoms with E-state index in [2.05, 4.69) is 16.5 Å². The number of thioether (sulfide) groups is 2. The van der Waals surface area contributed by atoms with Gasteiger partial charge in [-0.05, 0) is 18.2 Å². The number of phenols is 1. The summed E-state index contributed by atoms with van der Waals surface area (Å²) < 4.78 is 2.22. The van der Waals surface area contributed by atoms with Crippen molar-refractivity contribution >= 4 is 51.0 Å². The van der Waals surface area contributed by atoms with Crippen LogP contribution in [0.3, 0.4) is 0 Å². The molecule has 2 N–H and O–H groups in total. The summed E-state index contributed by atoms with van der Waals surface area (Å²) in [5.41, 5.74) is 5.00. The Bertz CT molecular complexity index is 898. The Morgan fingerprint density at radius 1 is 1.23 bits per heavy atom. The predicted octanol–water partition coefficient (Wildman–Crippen LogP) is 3.87. The molecule has 0 bridgehead atoms. The van der Waals surface area contributed by atoms with E-state index in [1.54, 1.807) is 40.2 Å². The Labute approximate surface area is 163 Å². The molecule has 1 aliphatic rings. The van der Waals surface area contributed by atoms with Gasteiger partial charge in [0.2, 0.25) is 5.91 Å². The van der Waals surface area contributed by atoms with Gasteiger partial charge < -0.3 is 5.11 Å². The maximum atomic E-state index is 12.2. The first-order chi connectivity index (χ1) is 12.7. The second kappa shape index (κ2) is 7.87. The number of fused-ring (bicyclic) bond motifs is 1. The molecule has 0 aliphatic carbocycles. The van der Waals surface area contributed by atoms with Crippen LogP contribution in [-0.2, 0) is 4.79 Å². The van der Waals surface area contributed by atoms with Crippen molar-refractivity contribution in [3.8, 4) is 5.75 Å². The zero-order valence-corrected chi connectivity index (χ0v) is 16.2. The van der Waals surface area contributed by atoms with Crippen LogP contribution in [-0.4, -0.2) is 39.1 Å². The summed E-state index contributed by atoms with van der Waals surface area (Å²) in [5.74, 6) is 1.47. The fourth-order valence-electron chi connectivity index (χ4n) is 2.74. The number of amides is 1. The number of carbonyl (C=O) groups is 1. The highest BCUT2D eigenvalue weighted by atomic mass is 32.2. The molecule has 1 saturated heterocycles. The summed E-state index contributed by atoms with van der Waals surface area (Å²) in [5, 5.41) is 11.5. The topological polar surface area (TPSA) is 65.5 Å². The number of benzene rings is 2. The molecule has 5 nitrogen and oxygen atoms in total. The van der Waals surface area contributed by atoms with E-state index in [-0.39, 0.29) is 17.0 Å². The molecular formula is C18H17N3O2S3. The first-order valence-electron chi connectivity index (χ1n) is 8.16. The van der Waals surface area contributed by atoms with E-state index in [9.17, 15) is 9.90 Å². The summed E-state index contributed by atoms with van der Waals surface area (Å²) >= 11 is 4.89. The van der Waals surface area contributed by atoms with Gasteiger partial charge in [0.15, 0.2) is 4.34 Å². The van der Waals surface area contributed by atoms with Crippen LogP contribution in [0.4, 0.5) is 0 Å². The van der Waals surface area contributed by atoms with Gasteiger partial charge in [-0.15, -0.1) is 23.1 Å². The monoisotopic (exact) mass is 403 g/mol. The molecule has 1 amide bonds. The summed E-state index contributed by atoms with van der Waals surface area (Å²) in [6.45, 7) is 0.650. The van der Waals surface area contributed by atoms with E-state index in [1.165, 1.54) is 16.5 Å². The number of nitrogens with one attached hydrogen (secondary N) is 1. The third-order valence-electron chi connectivity index (χ3n) is 3.95. The van der Waals surface area contributed by atoms with Crippen molar-refractivity contribution in [3.63, 3.8) is 0 Å². The van der Waals surface area contributed by atoms with Crippen molar-refractivity contribution in [2.45, 2.75) is 9.71 Å². The van der Waals surface area contributed by atoms with Gasteiger partial charge in [-0.3, -0.25) is 9.80 Å². The number of rotatable bonds is 6. The first kappa shape index (κ1) is 17.7. The highest BCUT2D eigenvalue weighted by molar-refractivity contribution is 8.01. The van der Waals surface area contributed by atoms with Crippen LogP contribution in [0, 0.1) is 0 Å². The molecule has 134 valence electrons. The highest BCUT2D eigenvalue weighted by Crippen LogP contribution is 2.40. The normalized spacial score (nSPS) is 17.3. The maximum absolute atomic E-state index is 12.2. The third kappa shape index (κ3) is 3.68. The van der Waals surface area contributed by atoms with Crippen molar-refractivity contribution in [3.05, 3.63) is 54.1 Å². The fourth-order valence-corrected chi connectivity index (χ4v) is 5.88. The summed E-state index contributed by atoms with van der Waals surface area (Å²) in [4.78, 5) is 16.8. The molecule has 1 aliphatic heterocycles. The van der Waals surface area contributed by atoms with E-state index in [4.69, 9.17) is 0 Å². The number of aromatic hydroxyl groups is 1. The Balaban J connectivity index is 1.35. The van der Waals surface area contributed by atoms with Crippen molar-refractivity contribution < 1.29 is 9.90 Å². The van der Waals surface area contributed by atoms with Crippen LogP contribution in [0.2, 0.25) is 0 Å². The molecule has 1 atom stereocenters. The molecule has 0 saturated carbocycles. The van der Waals surface area contributed by atoms with Crippen molar-refractivity contribution in [1.29, 1.82) is 0 Å². The van der Waals surface area contributed by atoms with E-state index in [1.807, 2.05) is 30.3 Å². The zero-order valence-electron chi connectivity index (χ0n) is 13.8. The largest absolute Gasteiger partial charge is 0.508 e. The lowest BCUT2D eigenvalue weighted by Crippen LogP contribution is -2.42. The summed E-state index contributed by atoms with van der Waals surface area (Å²) in [6, 6.07) is 15.3. The van der Waals surface area contributed by atoms with Crippen LogP contribution in [0.15, 0.2) is 52.9 Å². The third-order valence-corrected chi connectivity index (χ3v) is 7.33. The lowest BCUT2D eigenvalue weighted by Gasteiger charge is -2.25. The lowest BCUT2D eigenvalue weighted by molar-refractivity contribution is -0.131. The lowest BCUT2D eigenvalue weighted by atomic mass is 10.2. The second-order valence-electron chi connectivity index (χ2n) is 5.69. The molecule has 1 aromatic heterocycles. The molecule has 26 heavy (non-hydrogen) atoms. The van der Waals surface area contributed by atoms with Gasteiger partial charge >= 0.3 is 0 Å². The molecule has 4 rings (SSSR count). The Hall–Kier alpha value is -1.74. The Kier molecular flexibility index (Phi) is 5.35. The predicted molar refractivity (Wildman–Crippen MR) is 108 cm³/mol. The number of hydrogen-bond acceptors (Lipinski definition) is 7. The molecule has 2 heterocycles. The standard InChI is InChI=1S/C18H17N3O2S3/c22-14-7-3-1-5-12(14)17-21(16(23)11-25-17)19-9-10-24-18-20-13-6-2-4-8-15(13)26-18/h1-8,17,19,22H,9-11H2. The quantitative estimate of drug-likeness (QED) is 0.481. The van der Waals surface area contributed by atoms with Gasteiger partial charge in [0, 0.05) is 17.9 Å². The van der Waals surface area contributed by atoms with Gasteiger partial charge in [-0.1, -0.05) is 42.1 Å². The average Bonchev–Trinajstić information content (AvgIpc) is 3.22. The second-order valence-corrected chi connectivity index (χ2v) is 9.13. The summed E-state index contributed by atoms with van der Waals surface area (Å²) in [6.07, 6.45) is 0. The number of hydrazine groups is 1. The van der Waals surface area contributed by atoms with Crippen LogP contribution in [0.5, 0.6) is 5.75 Å². The van der Waals surface area contributed by atoms with Crippen LogP contribution in [0.1, 0.15) is 10.9 Å². The van der Waals surface area contributed by atoms with Gasteiger partial charge in [0.25, 0.3) is 0 Å². The molecule has 2 aromatic carbocycles. The number of para-hydroxylation sites is 2. The van der Waals surface area contributed by atoms with Crippen molar-refractivity contribution in [2.24, 2.45) is 0 Å². The number of aromatic nitrogens is 1. The van der Waals surface area contributed by atoms with Crippen molar-refractivity contribution in [1.82, 2.24) is 15.4 Å². The Morgan fingerprint density at radius 2 is 2.04 bits per heavy atom. The van der Waals surface area contributed by atoms with Gasteiger partial charge in [-0.2, -0.15) is 0 Å². The van der Waals surface area contributed by atoms with E-state index in [0.717, 1.165) is 21.2 Å². The average molecular weight is 404 g/mol. The van der Waals surface area contributed by atoms with Crippen LogP contribution >= 0.6 is 34.9 Å². The van der Waals surface area contributed by atoms with E-state index in [0.29, 0.717) is 12.3 Å². The minimum absolute atomic E-state index is 0.0354. The molecule has 8 heteroatoms. The molecule has 0 spiro atoms. The smallest absolute Gasteiger partial charge is 0.248 e. The number of thiazole rings is 1.